The highest BCUT2D eigenvalue weighted by molar-refractivity contribution is 7.98. The number of amides is 1. The molecular weight excluding hydrogens is 354 g/mol. The summed E-state index contributed by atoms with van der Waals surface area (Å²) in [4.78, 5) is 39.5. The molecule has 1 atom stereocenters. The molecular formula is C18H23N3O4S. The van der Waals surface area contributed by atoms with Gasteiger partial charge in [-0.2, -0.15) is 11.8 Å². The fourth-order valence-corrected chi connectivity index (χ4v) is 3.17. The Morgan fingerprint density at radius 1 is 1.38 bits per heavy atom. The molecule has 1 heterocycles. The summed E-state index contributed by atoms with van der Waals surface area (Å²) in [6, 6.07) is 4.67. The average Bonchev–Trinajstić information content (AvgIpc) is 2.61. The van der Waals surface area contributed by atoms with E-state index in [2.05, 4.69) is 10.3 Å². The van der Waals surface area contributed by atoms with Crippen LogP contribution in [-0.4, -0.2) is 44.6 Å². The second kappa shape index (κ2) is 8.84. The van der Waals surface area contributed by atoms with Crippen molar-refractivity contribution in [2.75, 3.05) is 12.0 Å². The van der Waals surface area contributed by atoms with E-state index in [1.54, 1.807) is 30.3 Å². The van der Waals surface area contributed by atoms with E-state index >= 15 is 0 Å². The highest BCUT2D eigenvalue weighted by Gasteiger charge is 2.19. The molecule has 0 saturated carbocycles. The molecule has 2 aromatic rings. The molecule has 0 spiro atoms. The standard InChI is InChI=1S/C18H23N3O4S/c1-11-17(23)21(2)15-6-4-12(10-14(15)19-11)5-7-16(22)20-13(18(24)25)8-9-26-3/h4,6,10,13H,5,7-9H2,1-3H3,(H,20,22)(H,24,25). The SMILES string of the molecule is CSCCC(NC(=O)CCc1ccc2c(c1)nc(C)c(=O)n2C)C(=O)O. The Bertz CT molecular complexity index is 879. The number of benzene rings is 1. The number of hydrogen-bond donors (Lipinski definition) is 2. The first kappa shape index (κ1) is 20.0. The third-order valence-corrected chi connectivity index (χ3v) is 4.83. The number of carboxylic acid groups (broad SMARTS) is 1. The van der Waals surface area contributed by atoms with Gasteiger partial charge >= 0.3 is 5.97 Å². The van der Waals surface area contributed by atoms with E-state index in [1.807, 2.05) is 24.5 Å². The van der Waals surface area contributed by atoms with Crippen molar-refractivity contribution >= 4 is 34.7 Å². The van der Waals surface area contributed by atoms with Crippen LogP contribution in [0, 0.1) is 6.92 Å². The van der Waals surface area contributed by atoms with Gasteiger partial charge in [0.05, 0.1) is 11.0 Å². The van der Waals surface area contributed by atoms with Crippen LogP contribution in [0.15, 0.2) is 23.0 Å². The van der Waals surface area contributed by atoms with E-state index in [0.29, 0.717) is 29.8 Å². The summed E-state index contributed by atoms with van der Waals surface area (Å²) in [7, 11) is 1.70. The number of aliphatic carboxylic acids is 1. The van der Waals surface area contributed by atoms with Crippen molar-refractivity contribution in [2.24, 2.45) is 7.05 Å². The van der Waals surface area contributed by atoms with Crippen molar-refractivity contribution in [2.45, 2.75) is 32.2 Å². The number of rotatable bonds is 8. The number of fused-ring (bicyclic) bond motifs is 1. The summed E-state index contributed by atoms with van der Waals surface area (Å²) in [5.41, 5.74) is 2.64. The minimum atomic E-state index is -1.02. The minimum Gasteiger partial charge on any atom is -0.480 e. The number of hydrogen-bond acceptors (Lipinski definition) is 5. The number of carbonyl (C=O) groups excluding carboxylic acids is 1. The molecule has 0 aliphatic heterocycles. The molecule has 140 valence electrons. The van der Waals surface area contributed by atoms with Gasteiger partial charge in [0.25, 0.3) is 5.56 Å². The predicted molar refractivity (Wildman–Crippen MR) is 103 cm³/mol. The van der Waals surface area contributed by atoms with Gasteiger partial charge in [0.15, 0.2) is 0 Å². The molecule has 1 amide bonds. The van der Waals surface area contributed by atoms with Crippen molar-refractivity contribution in [3.05, 3.63) is 39.8 Å². The quantitative estimate of drug-likeness (QED) is 0.723. The molecule has 0 saturated heterocycles. The Morgan fingerprint density at radius 2 is 2.12 bits per heavy atom. The van der Waals surface area contributed by atoms with Gasteiger partial charge in [-0.25, -0.2) is 9.78 Å². The monoisotopic (exact) mass is 377 g/mol. The Morgan fingerprint density at radius 3 is 2.77 bits per heavy atom. The summed E-state index contributed by atoms with van der Waals surface area (Å²) in [5, 5.41) is 11.7. The second-order valence-electron chi connectivity index (χ2n) is 6.12. The number of aryl methyl sites for hydroxylation is 3. The van der Waals surface area contributed by atoms with Gasteiger partial charge in [-0.05, 0) is 49.5 Å². The number of nitrogens with one attached hydrogen (secondary N) is 1. The number of aromatic nitrogens is 2. The maximum Gasteiger partial charge on any atom is 0.326 e. The average molecular weight is 377 g/mol. The lowest BCUT2D eigenvalue weighted by Gasteiger charge is -2.14. The van der Waals surface area contributed by atoms with E-state index in [-0.39, 0.29) is 17.9 Å². The summed E-state index contributed by atoms with van der Waals surface area (Å²) in [6.45, 7) is 1.67. The van der Waals surface area contributed by atoms with Crippen LogP contribution in [0.25, 0.3) is 11.0 Å². The fourth-order valence-electron chi connectivity index (χ4n) is 2.70. The Balaban J connectivity index is 2.04. The first-order valence-corrected chi connectivity index (χ1v) is 9.70. The summed E-state index contributed by atoms with van der Waals surface area (Å²) in [5.74, 6) is -0.632. The Kier molecular flexibility index (Phi) is 6.79. The topological polar surface area (TPSA) is 101 Å². The number of carbonyl (C=O) groups is 2. The van der Waals surface area contributed by atoms with Crippen LogP contribution in [0.5, 0.6) is 0 Å². The molecule has 7 nitrogen and oxygen atoms in total. The van der Waals surface area contributed by atoms with Crippen molar-refractivity contribution < 1.29 is 14.7 Å². The summed E-state index contributed by atoms with van der Waals surface area (Å²) < 4.78 is 1.55. The van der Waals surface area contributed by atoms with Crippen LogP contribution in [0.1, 0.15) is 24.1 Å². The van der Waals surface area contributed by atoms with Crippen LogP contribution < -0.4 is 10.9 Å². The van der Waals surface area contributed by atoms with E-state index in [1.165, 1.54) is 0 Å². The first-order valence-electron chi connectivity index (χ1n) is 8.31. The Hall–Kier alpha value is -2.35. The van der Waals surface area contributed by atoms with E-state index in [0.717, 1.165) is 11.1 Å². The van der Waals surface area contributed by atoms with Crippen LogP contribution in [0.3, 0.4) is 0 Å². The first-order chi connectivity index (χ1) is 12.3. The van der Waals surface area contributed by atoms with Gasteiger partial charge in [0.2, 0.25) is 5.91 Å². The van der Waals surface area contributed by atoms with Gasteiger partial charge in [-0.3, -0.25) is 9.59 Å². The molecule has 0 bridgehead atoms. The zero-order chi connectivity index (χ0) is 19.3. The third-order valence-electron chi connectivity index (χ3n) is 4.19. The molecule has 8 heteroatoms. The molecule has 2 rings (SSSR count). The van der Waals surface area contributed by atoms with Gasteiger partial charge in [0, 0.05) is 13.5 Å². The smallest absolute Gasteiger partial charge is 0.326 e. The van der Waals surface area contributed by atoms with Crippen LogP contribution in [0.2, 0.25) is 0 Å². The number of nitrogens with zero attached hydrogens (tertiary/aromatic N) is 2. The molecule has 0 fully saturated rings. The predicted octanol–water partition coefficient (Wildman–Crippen LogP) is 1.50. The lowest BCUT2D eigenvalue weighted by Crippen LogP contribution is -2.41. The van der Waals surface area contributed by atoms with E-state index in [9.17, 15) is 14.4 Å². The van der Waals surface area contributed by atoms with Gasteiger partial charge in [-0.15, -0.1) is 0 Å². The molecule has 2 N–H and O–H groups in total. The van der Waals surface area contributed by atoms with Gasteiger partial charge < -0.3 is 15.0 Å². The molecule has 0 aliphatic carbocycles. The lowest BCUT2D eigenvalue weighted by molar-refractivity contribution is -0.141. The van der Waals surface area contributed by atoms with Gasteiger partial charge in [0.1, 0.15) is 11.7 Å². The Labute approximate surface area is 155 Å². The highest BCUT2D eigenvalue weighted by atomic mass is 32.2. The number of thioether (sulfide) groups is 1. The maximum atomic E-state index is 12.1. The van der Waals surface area contributed by atoms with E-state index in [4.69, 9.17) is 5.11 Å². The summed E-state index contributed by atoms with van der Waals surface area (Å²) >= 11 is 1.54. The molecule has 1 aromatic heterocycles. The van der Waals surface area contributed by atoms with Crippen molar-refractivity contribution in [1.82, 2.24) is 14.9 Å². The number of carboxylic acids is 1. The largest absolute Gasteiger partial charge is 0.480 e. The molecule has 0 aliphatic rings. The second-order valence-corrected chi connectivity index (χ2v) is 7.11. The summed E-state index contributed by atoms with van der Waals surface area (Å²) in [6.07, 6.45) is 2.96. The molecule has 1 aromatic carbocycles. The zero-order valence-electron chi connectivity index (χ0n) is 15.1. The van der Waals surface area contributed by atoms with Crippen LogP contribution in [-0.2, 0) is 23.1 Å². The highest BCUT2D eigenvalue weighted by Crippen LogP contribution is 2.14. The molecule has 26 heavy (non-hydrogen) atoms. The van der Waals surface area contributed by atoms with Crippen molar-refractivity contribution in [3.63, 3.8) is 0 Å². The van der Waals surface area contributed by atoms with Crippen LogP contribution >= 0.6 is 11.8 Å². The third kappa shape index (κ3) is 4.85. The van der Waals surface area contributed by atoms with Crippen molar-refractivity contribution in [1.29, 1.82) is 0 Å². The maximum absolute atomic E-state index is 12.1. The normalized spacial score (nSPS) is 12.1. The van der Waals surface area contributed by atoms with Gasteiger partial charge in [-0.1, -0.05) is 6.07 Å². The van der Waals surface area contributed by atoms with E-state index < -0.39 is 12.0 Å². The zero-order valence-corrected chi connectivity index (χ0v) is 15.9. The van der Waals surface area contributed by atoms with Crippen LogP contribution in [0.4, 0.5) is 0 Å². The molecule has 1 unspecified atom stereocenters. The fraction of sp³-hybridized carbons (Fsp3) is 0.444. The molecule has 0 radical (unpaired) electrons. The van der Waals surface area contributed by atoms with Crippen molar-refractivity contribution in [3.8, 4) is 0 Å². The lowest BCUT2D eigenvalue weighted by atomic mass is 10.1. The minimum absolute atomic E-state index is 0.130.